The smallest absolute Gasteiger partial charge is 0.142 e. The van der Waals surface area contributed by atoms with Crippen molar-refractivity contribution in [1.29, 1.82) is 0 Å². The van der Waals surface area contributed by atoms with Crippen LogP contribution in [0.25, 0.3) is 28.4 Å². The summed E-state index contributed by atoms with van der Waals surface area (Å²) in [5.41, 5.74) is 2.08. The maximum absolute atomic E-state index is 6.14. The second kappa shape index (κ2) is 6.27. The predicted molar refractivity (Wildman–Crippen MR) is 105 cm³/mol. The molecule has 1 aromatic heterocycles. The van der Waals surface area contributed by atoms with E-state index in [1.807, 2.05) is 56.3 Å². The molecule has 0 bridgehead atoms. The first-order valence-electron chi connectivity index (χ1n) is 8.71. The fourth-order valence-electron chi connectivity index (χ4n) is 3.34. The summed E-state index contributed by atoms with van der Waals surface area (Å²) in [7, 11) is 4.91. The van der Waals surface area contributed by atoms with Crippen LogP contribution in [0.2, 0.25) is 0 Å². The molecule has 5 heteroatoms. The van der Waals surface area contributed by atoms with Crippen LogP contribution >= 0.6 is 0 Å². The van der Waals surface area contributed by atoms with E-state index in [2.05, 4.69) is 0 Å². The molecular formula is C22H22O5. The Balaban J connectivity index is 1.90. The highest BCUT2D eigenvalue weighted by Gasteiger charge is 2.27. The van der Waals surface area contributed by atoms with Crippen LogP contribution in [0.1, 0.15) is 19.4 Å². The highest BCUT2D eigenvalue weighted by Crippen LogP contribution is 2.45. The van der Waals surface area contributed by atoms with Crippen molar-refractivity contribution >= 4 is 17.0 Å². The quantitative estimate of drug-likeness (QED) is 0.626. The number of hydrogen-bond donors (Lipinski definition) is 0. The summed E-state index contributed by atoms with van der Waals surface area (Å²) in [6.45, 7) is 4.03. The van der Waals surface area contributed by atoms with Gasteiger partial charge in [0.15, 0.2) is 0 Å². The van der Waals surface area contributed by atoms with Gasteiger partial charge in [-0.2, -0.15) is 0 Å². The molecule has 1 aliphatic rings. The molecule has 0 unspecified atom stereocenters. The summed E-state index contributed by atoms with van der Waals surface area (Å²) in [4.78, 5) is 0. The summed E-state index contributed by atoms with van der Waals surface area (Å²) in [6.07, 6.45) is 4.06. The second-order valence-electron chi connectivity index (χ2n) is 6.95. The van der Waals surface area contributed by atoms with Crippen molar-refractivity contribution in [3.63, 3.8) is 0 Å². The van der Waals surface area contributed by atoms with E-state index in [0.29, 0.717) is 17.1 Å². The van der Waals surface area contributed by atoms with Gasteiger partial charge >= 0.3 is 0 Å². The fraction of sp³-hybridized carbons (Fsp3) is 0.273. The number of methoxy groups -OCH3 is 3. The Morgan fingerprint density at radius 3 is 2.44 bits per heavy atom. The van der Waals surface area contributed by atoms with Crippen molar-refractivity contribution in [1.82, 2.24) is 0 Å². The van der Waals surface area contributed by atoms with E-state index in [1.54, 1.807) is 21.3 Å². The lowest BCUT2D eigenvalue weighted by Gasteiger charge is -2.28. The van der Waals surface area contributed by atoms with Crippen molar-refractivity contribution in [3.8, 4) is 34.3 Å². The maximum Gasteiger partial charge on any atom is 0.142 e. The van der Waals surface area contributed by atoms with Gasteiger partial charge in [0.25, 0.3) is 0 Å². The van der Waals surface area contributed by atoms with Gasteiger partial charge in [-0.25, -0.2) is 0 Å². The van der Waals surface area contributed by atoms with Crippen LogP contribution in [-0.2, 0) is 0 Å². The third-order valence-electron chi connectivity index (χ3n) is 4.68. The zero-order chi connectivity index (χ0) is 19.2. The first-order chi connectivity index (χ1) is 13.0. The molecular weight excluding hydrogens is 344 g/mol. The molecule has 0 amide bonds. The van der Waals surface area contributed by atoms with Crippen LogP contribution in [-0.4, -0.2) is 26.9 Å². The lowest BCUT2D eigenvalue weighted by molar-refractivity contribution is 0.158. The summed E-state index contributed by atoms with van der Waals surface area (Å²) >= 11 is 0. The summed E-state index contributed by atoms with van der Waals surface area (Å²) in [5.74, 6) is 3.56. The van der Waals surface area contributed by atoms with Gasteiger partial charge in [-0.3, -0.25) is 0 Å². The maximum atomic E-state index is 6.14. The molecule has 1 aliphatic heterocycles. The summed E-state index contributed by atoms with van der Waals surface area (Å²) in [6, 6.07) is 9.51. The van der Waals surface area contributed by atoms with Crippen LogP contribution < -0.4 is 18.9 Å². The Bertz CT molecular complexity index is 1040. The molecule has 4 rings (SSSR count). The fourth-order valence-corrected chi connectivity index (χ4v) is 3.34. The van der Waals surface area contributed by atoms with Gasteiger partial charge in [0.2, 0.25) is 0 Å². The zero-order valence-corrected chi connectivity index (χ0v) is 16.1. The van der Waals surface area contributed by atoms with Crippen molar-refractivity contribution in [2.45, 2.75) is 19.4 Å². The summed E-state index contributed by atoms with van der Waals surface area (Å²) < 4.78 is 28.7. The number of benzene rings is 2. The van der Waals surface area contributed by atoms with Gasteiger partial charge in [0, 0.05) is 12.1 Å². The second-order valence-corrected chi connectivity index (χ2v) is 6.95. The number of rotatable bonds is 4. The number of ether oxygens (including phenoxy) is 4. The van der Waals surface area contributed by atoms with E-state index in [9.17, 15) is 0 Å². The Morgan fingerprint density at radius 1 is 0.926 bits per heavy atom. The molecule has 0 N–H and O–H groups in total. The molecule has 0 spiro atoms. The molecule has 0 saturated heterocycles. The SMILES string of the molecule is COc1ccc(-c2cc3c(OC)c4c(cc3o2)OC(C)(C)C=C4)c(OC)c1. The molecule has 2 aromatic carbocycles. The van der Waals surface area contributed by atoms with Crippen molar-refractivity contribution in [2.75, 3.05) is 21.3 Å². The minimum Gasteiger partial charge on any atom is -0.497 e. The van der Waals surface area contributed by atoms with Crippen LogP contribution in [0.5, 0.6) is 23.0 Å². The van der Waals surface area contributed by atoms with E-state index in [1.165, 1.54) is 0 Å². The zero-order valence-electron chi connectivity index (χ0n) is 16.1. The van der Waals surface area contributed by atoms with Crippen LogP contribution in [0, 0.1) is 0 Å². The standard InChI is InChI=1S/C22H22O5/c1-22(2)9-8-15-20(27-22)12-19-16(21(15)25-5)11-18(26-19)14-7-6-13(23-3)10-17(14)24-4/h6-12H,1-5H3. The van der Waals surface area contributed by atoms with Crippen LogP contribution in [0.4, 0.5) is 0 Å². The van der Waals surface area contributed by atoms with Gasteiger partial charge in [-0.05, 0) is 44.2 Å². The van der Waals surface area contributed by atoms with Crippen molar-refractivity contribution in [3.05, 3.63) is 42.0 Å². The summed E-state index contributed by atoms with van der Waals surface area (Å²) in [5, 5.41) is 0.886. The molecule has 0 radical (unpaired) electrons. The molecule has 140 valence electrons. The first kappa shape index (κ1) is 17.3. The Kier molecular flexibility index (Phi) is 4.02. The van der Waals surface area contributed by atoms with Gasteiger partial charge in [0.05, 0.1) is 37.8 Å². The predicted octanol–water partition coefficient (Wildman–Crippen LogP) is 5.31. The average molecular weight is 366 g/mol. The van der Waals surface area contributed by atoms with Gasteiger partial charge in [-0.1, -0.05) is 0 Å². The minimum atomic E-state index is -0.375. The molecule has 5 nitrogen and oxygen atoms in total. The van der Waals surface area contributed by atoms with Crippen molar-refractivity contribution in [2.24, 2.45) is 0 Å². The molecule has 0 aliphatic carbocycles. The largest absolute Gasteiger partial charge is 0.497 e. The minimum absolute atomic E-state index is 0.375. The molecule has 2 heterocycles. The van der Waals surface area contributed by atoms with Crippen LogP contribution in [0.3, 0.4) is 0 Å². The molecule has 0 fully saturated rings. The third kappa shape index (κ3) is 2.89. The number of hydrogen-bond acceptors (Lipinski definition) is 5. The van der Waals surface area contributed by atoms with Crippen LogP contribution in [0.15, 0.2) is 40.8 Å². The topological polar surface area (TPSA) is 50.1 Å². The number of fused-ring (bicyclic) bond motifs is 2. The Hall–Kier alpha value is -3.08. The Morgan fingerprint density at radius 2 is 1.74 bits per heavy atom. The molecule has 0 atom stereocenters. The molecule has 27 heavy (non-hydrogen) atoms. The highest BCUT2D eigenvalue weighted by atomic mass is 16.5. The van der Waals surface area contributed by atoms with E-state index in [-0.39, 0.29) is 5.60 Å². The highest BCUT2D eigenvalue weighted by molar-refractivity contribution is 5.94. The van der Waals surface area contributed by atoms with E-state index in [4.69, 9.17) is 23.4 Å². The van der Waals surface area contributed by atoms with Gasteiger partial charge < -0.3 is 23.4 Å². The lowest BCUT2D eigenvalue weighted by Crippen LogP contribution is -2.27. The van der Waals surface area contributed by atoms with Gasteiger partial charge in [-0.15, -0.1) is 0 Å². The molecule has 0 saturated carbocycles. The third-order valence-corrected chi connectivity index (χ3v) is 4.68. The normalized spacial score (nSPS) is 14.6. The average Bonchev–Trinajstić information content (AvgIpc) is 3.07. The van der Waals surface area contributed by atoms with Gasteiger partial charge in [0.1, 0.15) is 39.9 Å². The Labute approximate surface area is 158 Å². The first-order valence-corrected chi connectivity index (χ1v) is 8.71. The monoisotopic (exact) mass is 366 g/mol. The van der Waals surface area contributed by atoms with E-state index < -0.39 is 0 Å². The van der Waals surface area contributed by atoms with E-state index >= 15 is 0 Å². The van der Waals surface area contributed by atoms with E-state index in [0.717, 1.165) is 33.8 Å². The lowest BCUT2D eigenvalue weighted by atomic mass is 10.00. The molecule has 3 aromatic rings. The van der Waals surface area contributed by atoms with Crippen molar-refractivity contribution < 1.29 is 23.4 Å². The number of furan rings is 1.